The van der Waals surface area contributed by atoms with Crippen LogP contribution in [0.5, 0.6) is 0 Å². The first-order valence-electron chi connectivity index (χ1n) is 18.0. The minimum absolute atomic E-state index is 0.867. The lowest BCUT2D eigenvalue weighted by atomic mass is 9.98. The lowest BCUT2D eigenvalue weighted by molar-refractivity contribution is 0.669. The average Bonchev–Trinajstić information content (AvgIpc) is 3.81. The Morgan fingerprint density at radius 2 is 0.943 bits per heavy atom. The molecule has 0 atom stereocenters. The third kappa shape index (κ3) is 4.68. The van der Waals surface area contributed by atoms with Crippen LogP contribution >= 0.6 is 0 Å². The molecule has 248 valence electrons. The molecule has 2 aromatic heterocycles. The van der Waals surface area contributed by atoms with E-state index < -0.39 is 0 Å². The van der Waals surface area contributed by atoms with E-state index in [2.05, 4.69) is 175 Å². The number of para-hydroxylation sites is 3. The van der Waals surface area contributed by atoms with E-state index in [4.69, 9.17) is 8.83 Å². The van der Waals surface area contributed by atoms with Gasteiger partial charge in [-0.15, -0.1) is 0 Å². The fourth-order valence-electron chi connectivity index (χ4n) is 8.17. The zero-order chi connectivity index (χ0) is 34.9. The Labute approximate surface area is 305 Å². The number of hydrogen-bond donors (Lipinski definition) is 0. The Balaban J connectivity index is 1.14. The highest BCUT2D eigenvalue weighted by molar-refractivity contribution is 6.18. The van der Waals surface area contributed by atoms with Crippen LogP contribution in [0.2, 0.25) is 0 Å². The molecule has 0 radical (unpaired) electrons. The molecule has 2 heterocycles. The fourth-order valence-corrected chi connectivity index (χ4v) is 8.17. The van der Waals surface area contributed by atoms with E-state index in [0.29, 0.717) is 0 Å². The van der Waals surface area contributed by atoms with Gasteiger partial charge in [0.15, 0.2) is 0 Å². The maximum Gasteiger partial charge on any atom is 0.145 e. The Morgan fingerprint density at radius 3 is 1.79 bits per heavy atom. The van der Waals surface area contributed by atoms with Crippen molar-refractivity contribution >= 4 is 82.5 Å². The fraction of sp³-hybridized carbons (Fsp3) is 0. The number of anilines is 3. The van der Waals surface area contributed by atoms with Gasteiger partial charge in [-0.25, -0.2) is 0 Å². The maximum atomic E-state index is 6.72. The summed E-state index contributed by atoms with van der Waals surface area (Å²) in [5, 5.41) is 9.34. The van der Waals surface area contributed by atoms with E-state index in [9.17, 15) is 0 Å². The first-order valence-corrected chi connectivity index (χ1v) is 18.0. The first kappa shape index (κ1) is 29.6. The van der Waals surface area contributed by atoms with Crippen LogP contribution in [0.1, 0.15) is 0 Å². The largest absolute Gasteiger partial charge is 0.455 e. The molecule has 3 nitrogen and oxygen atoms in total. The molecule has 53 heavy (non-hydrogen) atoms. The normalized spacial score (nSPS) is 11.8. The smallest absolute Gasteiger partial charge is 0.145 e. The van der Waals surface area contributed by atoms with Crippen molar-refractivity contribution < 1.29 is 8.83 Å². The molecule has 0 aliphatic heterocycles. The van der Waals surface area contributed by atoms with Crippen molar-refractivity contribution in [3.8, 4) is 22.3 Å². The highest BCUT2D eigenvalue weighted by Gasteiger charge is 2.23. The summed E-state index contributed by atoms with van der Waals surface area (Å²) in [6.45, 7) is 0. The number of rotatable bonds is 5. The summed E-state index contributed by atoms with van der Waals surface area (Å²) >= 11 is 0. The summed E-state index contributed by atoms with van der Waals surface area (Å²) in [7, 11) is 0. The van der Waals surface area contributed by atoms with Gasteiger partial charge in [0.05, 0.1) is 11.1 Å². The van der Waals surface area contributed by atoms with E-state index in [-0.39, 0.29) is 0 Å². The first-order chi connectivity index (χ1) is 26.3. The SMILES string of the molecule is c1ccc(-c2ccc(N(c3ccc(-c4cccc5c4oc4ccccc45)cc3)c3ccc4c(ccc5ccccc54)c3)c3c2oc2ccccc23)cc1. The Bertz CT molecular complexity index is 3170. The summed E-state index contributed by atoms with van der Waals surface area (Å²) in [5.74, 6) is 0. The van der Waals surface area contributed by atoms with Crippen LogP contribution < -0.4 is 4.90 Å². The van der Waals surface area contributed by atoms with Gasteiger partial charge in [-0.05, 0) is 81.2 Å². The van der Waals surface area contributed by atoms with Crippen molar-refractivity contribution in [3.63, 3.8) is 0 Å². The van der Waals surface area contributed by atoms with Crippen LogP contribution in [0.15, 0.2) is 197 Å². The van der Waals surface area contributed by atoms with E-state index in [0.717, 1.165) is 83.2 Å². The van der Waals surface area contributed by atoms with Crippen molar-refractivity contribution in [2.24, 2.45) is 0 Å². The summed E-state index contributed by atoms with van der Waals surface area (Å²) in [6, 6.07) is 66.7. The lowest BCUT2D eigenvalue weighted by Crippen LogP contribution is -2.10. The molecule has 0 aliphatic rings. The molecule has 0 amide bonds. The molecule has 0 unspecified atom stereocenters. The highest BCUT2D eigenvalue weighted by Crippen LogP contribution is 2.47. The molecule has 0 aliphatic carbocycles. The van der Waals surface area contributed by atoms with Gasteiger partial charge < -0.3 is 13.7 Å². The molecule has 0 saturated carbocycles. The molecule has 0 bridgehead atoms. The van der Waals surface area contributed by atoms with Gasteiger partial charge in [0.25, 0.3) is 0 Å². The minimum atomic E-state index is 0.867. The topological polar surface area (TPSA) is 29.5 Å². The van der Waals surface area contributed by atoms with E-state index in [1.807, 2.05) is 18.2 Å². The summed E-state index contributed by atoms with van der Waals surface area (Å²) < 4.78 is 13.2. The molecule has 9 aromatic carbocycles. The van der Waals surface area contributed by atoms with Crippen molar-refractivity contribution in [3.05, 3.63) is 188 Å². The van der Waals surface area contributed by atoms with Crippen molar-refractivity contribution in [1.29, 1.82) is 0 Å². The molecule has 11 aromatic rings. The van der Waals surface area contributed by atoms with Gasteiger partial charge in [0, 0.05) is 38.7 Å². The number of nitrogens with zero attached hydrogens (tertiary/aromatic N) is 1. The Morgan fingerprint density at radius 1 is 0.340 bits per heavy atom. The summed E-state index contributed by atoms with van der Waals surface area (Å²) in [4.78, 5) is 2.37. The molecule has 0 spiro atoms. The summed E-state index contributed by atoms with van der Waals surface area (Å²) in [5.41, 5.74) is 11.1. The van der Waals surface area contributed by atoms with Crippen molar-refractivity contribution in [2.75, 3.05) is 4.90 Å². The maximum absolute atomic E-state index is 6.72. The van der Waals surface area contributed by atoms with Crippen LogP contribution in [-0.2, 0) is 0 Å². The second kappa shape index (κ2) is 11.7. The molecular weight excluding hydrogens is 647 g/mol. The molecule has 3 heteroatoms. The second-order valence-electron chi connectivity index (χ2n) is 13.7. The molecule has 0 fully saturated rings. The molecule has 0 N–H and O–H groups in total. The van der Waals surface area contributed by atoms with Crippen LogP contribution in [0.4, 0.5) is 17.1 Å². The zero-order valence-corrected chi connectivity index (χ0v) is 28.7. The number of fused-ring (bicyclic) bond motifs is 9. The second-order valence-corrected chi connectivity index (χ2v) is 13.7. The standard InChI is InChI=1S/C50H31NO2/c1-2-11-32(12-3-1)41-29-30-45(48-44-16-7-9-20-47(44)53-50(41)48)51(37-27-28-39-35(31-37)22-21-33-13-4-5-14-38(33)39)36-25-23-34(24-26-36)40-17-10-18-43-42-15-6-8-19-46(42)52-49(40)43/h1-31H. The molecule has 0 saturated heterocycles. The predicted octanol–water partition coefficient (Wildman–Crippen LogP) is 14.6. The average molecular weight is 678 g/mol. The van der Waals surface area contributed by atoms with Crippen molar-refractivity contribution in [1.82, 2.24) is 0 Å². The van der Waals surface area contributed by atoms with Gasteiger partial charge in [-0.3, -0.25) is 0 Å². The summed E-state index contributed by atoms with van der Waals surface area (Å²) in [6.07, 6.45) is 0. The lowest BCUT2D eigenvalue weighted by Gasteiger charge is -2.27. The number of hydrogen-bond acceptors (Lipinski definition) is 3. The minimum Gasteiger partial charge on any atom is -0.455 e. The van der Waals surface area contributed by atoms with Crippen LogP contribution in [0.3, 0.4) is 0 Å². The van der Waals surface area contributed by atoms with E-state index in [1.54, 1.807) is 0 Å². The molecular formula is C50H31NO2. The van der Waals surface area contributed by atoms with E-state index in [1.165, 1.54) is 21.5 Å². The van der Waals surface area contributed by atoms with Gasteiger partial charge >= 0.3 is 0 Å². The quantitative estimate of drug-likeness (QED) is 0.170. The predicted molar refractivity (Wildman–Crippen MR) is 222 cm³/mol. The Hall–Kier alpha value is -7.10. The third-order valence-electron chi connectivity index (χ3n) is 10.7. The third-order valence-corrected chi connectivity index (χ3v) is 10.7. The number of furan rings is 2. The van der Waals surface area contributed by atoms with Crippen LogP contribution in [0, 0.1) is 0 Å². The van der Waals surface area contributed by atoms with E-state index >= 15 is 0 Å². The highest BCUT2D eigenvalue weighted by atomic mass is 16.3. The Kier molecular flexibility index (Phi) is 6.55. The van der Waals surface area contributed by atoms with Crippen LogP contribution in [0.25, 0.3) is 87.7 Å². The number of benzene rings is 9. The van der Waals surface area contributed by atoms with Gasteiger partial charge in [-0.2, -0.15) is 0 Å². The van der Waals surface area contributed by atoms with Gasteiger partial charge in [0.1, 0.15) is 22.3 Å². The van der Waals surface area contributed by atoms with Crippen molar-refractivity contribution in [2.45, 2.75) is 0 Å². The molecule has 11 rings (SSSR count). The van der Waals surface area contributed by atoms with Gasteiger partial charge in [0.2, 0.25) is 0 Å². The zero-order valence-electron chi connectivity index (χ0n) is 28.7. The van der Waals surface area contributed by atoms with Crippen LogP contribution in [-0.4, -0.2) is 0 Å². The monoisotopic (exact) mass is 677 g/mol. The van der Waals surface area contributed by atoms with Gasteiger partial charge in [-0.1, -0.05) is 140 Å².